The summed E-state index contributed by atoms with van der Waals surface area (Å²) in [6, 6.07) is 10.2. The summed E-state index contributed by atoms with van der Waals surface area (Å²) in [6.07, 6.45) is 6.35. The van der Waals surface area contributed by atoms with E-state index in [0.29, 0.717) is 0 Å². The summed E-state index contributed by atoms with van der Waals surface area (Å²) in [4.78, 5) is 18.9. The fourth-order valence-corrected chi connectivity index (χ4v) is 4.18. The van der Waals surface area contributed by atoms with Crippen molar-refractivity contribution in [2.45, 2.75) is 56.9 Å². The summed E-state index contributed by atoms with van der Waals surface area (Å²) < 4.78 is 25.5. The van der Waals surface area contributed by atoms with E-state index >= 15 is 0 Å². The number of amides is 1. The maximum Gasteiger partial charge on any atom is 0.263 e. The molecule has 1 amide bonds. The first-order chi connectivity index (χ1) is 13.1. The molecule has 3 heterocycles. The maximum absolute atomic E-state index is 13.8. The van der Waals surface area contributed by atoms with Crippen molar-refractivity contribution in [3.05, 3.63) is 54.6 Å². The second kappa shape index (κ2) is 7.55. The lowest BCUT2D eigenvalue weighted by Crippen LogP contribution is -2.52. The number of para-hydroxylation sites is 1. The van der Waals surface area contributed by atoms with Gasteiger partial charge in [0.25, 0.3) is 5.91 Å². The van der Waals surface area contributed by atoms with Gasteiger partial charge >= 0.3 is 0 Å². The van der Waals surface area contributed by atoms with Gasteiger partial charge in [-0.25, -0.2) is 4.39 Å². The fourth-order valence-electron chi connectivity index (χ4n) is 4.18. The molecule has 2 fully saturated rings. The van der Waals surface area contributed by atoms with Crippen molar-refractivity contribution in [3.63, 3.8) is 0 Å². The van der Waals surface area contributed by atoms with Gasteiger partial charge in [0.05, 0.1) is 0 Å². The zero-order valence-electron chi connectivity index (χ0n) is 15.3. The van der Waals surface area contributed by atoms with Crippen LogP contribution >= 0.6 is 0 Å². The number of carbonyl (C=O) groups is 1. The zero-order chi connectivity index (χ0) is 18.8. The quantitative estimate of drug-likeness (QED) is 0.807. The number of benzene rings is 1. The van der Waals surface area contributed by atoms with Gasteiger partial charge in [0.2, 0.25) is 0 Å². The normalized spacial score (nSPS) is 25.1. The minimum atomic E-state index is -0.720. The number of ether oxygens (including phenoxy) is 2. The average molecular weight is 370 g/mol. The lowest BCUT2D eigenvalue weighted by molar-refractivity contribution is -0.144. The van der Waals surface area contributed by atoms with Gasteiger partial charge in [-0.3, -0.25) is 9.78 Å². The Bertz CT molecular complexity index is 787. The van der Waals surface area contributed by atoms with Gasteiger partial charge in [-0.15, -0.1) is 0 Å². The number of pyridine rings is 1. The molecule has 6 heteroatoms. The first kappa shape index (κ1) is 17.8. The highest BCUT2D eigenvalue weighted by Gasteiger charge is 2.45. The molecule has 2 aliphatic rings. The number of piperidine rings is 1. The molecule has 3 atom stereocenters. The van der Waals surface area contributed by atoms with Crippen LogP contribution in [0.5, 0.6) is 11.5 Å². The summed E-state index contributed by atoms with van der Waals surface area (Å²) in [5.41, 5.74) is 0. The van der Waals surface area contributed by atoms with E-state index in [0.717, 1.165) is 31.4 Å². The molecule has 0 saturated carbocycles. The van der Waals surface area contributed by atoms with Crippen LogP contribution < -0.4 is 9.47 Å². The Morgan fingerprint density at radius 2 is 1.81 bits per heavy atom. The molecule has 142 valence electrons. The first-order valence-corrected chi connectivity index (χ1v) is 9.42. The van der Waals surface area contributed by atoms with Crippen LogP contribution in [0.1, 0.15) is 32.6 Å². The Morgan fingerprint density at radius 1 is 1.15 bits per heavy atom. The summed E-state index contributed by atoms with van der Waals surface area (Å²) >= 11 is 0. The summed E-state index contributed by atoms with van der Waals surface area (Å²) in [6.45, 7) is 1.69. The number of aromatic nitrogens is 1. The molecule has 0 radical (unpaired) electrons. The van der Waals surface area contributed by atoms with E-state index in [2.05, 4.69) is 4.98 Å². The lowest BCUT2D eigenvalue weighted by Gasteiger charge is -2.40. The number of carbonyl (C=O) groups excluding carboxylic acids is 1. The molecule has 1 aromatic heterocycles. The molecule has 2 bridgehead atoms. The highest BCUT2D eigenvalue weighted by Crippen LogP contribution is 2.38. The zero-order valence-corrected chi connectivity index (χ0v) is 15.3. The average Bonchev–Trinajstić information content (AvgIpc) is 2.94. The third kappa shape index (κ3) is 3.75. The molecule has 27 heavy (non-hydrogen) atoms. The topological polar surface area (TPSA) is 51.7 Å². The first-order valence-electron chi connectivity index (χ1n) is 9.42. The van der Waals surface area contributed by atoms with Crippen molar-refractivity contribution in [1.82, 2.24) is 9.88 Å². The molecule has 1 aromatic carbocycles. The molecule has 2 aromatic rings. The van der Waals surface area contributed by atoms with E-state index in [1.165, 1.54) is 6.07 Å². The van der Waals surface area contributed by atoms with Crippen LogP contribution in [0.4, 0.5) is 4.39 Å². The monoisotopic (exact) mass is 370 g/mol. The van der Waals surface area contributed by atoms with Crippen LogP contribution in [0, 0.1) is 5.82 Å². The number of halogens is 1. The van der Waals surface area contributed by atoms with Crippen LogP contribution in [0.15, 0.2) is 48.8 Å². The molecule has 2 saturated heterocycles. The molecule has 5 nitrogen and oxygen atoms in total. The van der Waals surface area contributed by atoms with Crippen molar-refractivity contribution >= 4 is 5.91 Å². The highest BCUT2D eigenvalue weighted by atomic mass is 19.1. The number of fused-ring (bicyclic) bond motifs is 2. The number of rotatable bonds is 5. The minimum Gasteiger partial charge on any atom is -0.490 e. The van der Waals surface area contributed by atoms with Gasteiger partial charge in [0.15, 0.2) is 17.7 Å². The molecular weight excluding hydrogens is 347 g/mol. The van der Waals surface area contributed by atoms with Gasteiger partial charge in [0.1, 0.15) is 11.9 Å². The van der Waals surface area contributed by atoms with Crippen LogP contribution in [0.3, 0.4) is 0 Å². The Balaban J connectivity index is 1.40. The third-order valence-electron chi connectivity index (χ3n) is 5.38. The Morgan fingerprint density at radius 3 is 2.48 bits per heavy atom. The predicted molar refractivity (Wildman–Crippen MR) is 98.0 cm³/mol. The van der Waals surface area contributed by atoms with E-state index in [9.17, 15) is 9.18 Å². The second-order valence-electron chi connectivity index (χ2n) is 7.22. The van der Waals surface area contributed by atoms with Gasteiger partial charge < -0.3 is 14.4 Å². The third-order valence-corrected chi connectivity index (χ3v) is 5.38. The van der Waals surface area contributed by atoms with Crippen LogP contribution in [0.25, 0.3) is 0 Å². The summed E-state index contributed by atoms with van der Waals surface area (Å²) in [5, 5.41) is 0. The van der Waals surface area contributed by atoms with Crippen LogP contribution in [-0.4, -0.2) is 40.1 Å². The molecule has 2 aliphatic heterocycles. The Labute approximate surface area is 158 Å². The Kier molecular flexibility index (Phi) is 4.97. The molecule has 4 rings (SSSR count). The smallest absolute Gasteiger partial charge is 0.263 e. The van der Waals surface area contributed by atoms with Crippen LogP contribution in [-0.2, 0) is 4.79 Å². The molecular formula is C21H23FN2O3. The van der Waals surface area contributed by atoms with E-state index in [4.69, 9.17) is 9.47 Å². The molecule has 0 spiro atoms. The van der Waals surface area contributed by atoms with E-state index in [-0.39, 0.29) is 29.8 Å². The predicted octanol–water partition coefficient (Wildman–Crippen LogP) is 3.59. The minimum absolute atomic E-state index is 0.0758. The SMILES string of the molecule is C[C@@H](Oc1ccccc1F)C(=O)N1[C@H]2CC[C@H]1CC(Oc1ccncc1)C2. The van der Waals surface area contributed by atoms with Gasteiger partial charge in [-0.05, 0) is 44.0 Å². The fraction of sp³-hybridized carbons (Fsp3) is 0.429. The van der Waals surface area contributed by atoms with E-state index < -0.39 is 11.9 Å². The van der Waals surface area contributed by atoms with Gasteiger partial charge in [0, 0.05) is 37.3 Å². The molecule has 0 unspecified atom stereocenters. The Hall–Kier alpha value is -2.63. The second-order valence-corrected chi connectivity index (χ2v) is 7.22. The van der Waals surface area contributed by atoms with Gasteiger partial charge in [-0.1, -0.05) is 12.1 Å². The van der Waals surface area contributed by atoms with Crippen molar-refractivity contribution in [1.29, 1.82) is 0 Å². The van der Waals surface area contributed by atoms with Crippen molar-refractivity contribution in [3.8, 4) is 11.5 Å². The van der Waals surface area contributed by atoms with Crippen molar-refractivity contribution < 1.29 is 18.7 Å². The van der Waals surface area contributed by atoms with Crippen molar-refractivity contribution in [2.24, 2.45) is 0 Å². The van der Waals surface area contributed by atoms with E-state index in [1.807, 2.05) is 17.0 Å². The highest BCUT2D eigenvalue weighted by molar-refractivity contribution is 5.82. The lowest BCUT2D eigenvalue weighted by atomic mass is 9.99. The maximum atomic E-state index is 13.8. The summed E-state index contributed by atoms with van der Waals surface area (Å²) in [5.74, 6) is 0.393. The van der Waals surface area contributed by atoms with Crippen LogP contribution in [0.2, 0.25) is 0 Å². The molecule has 0 N–H and O–H groups in total. The van der Waals surface area contributed by atoms with Gasteiger partial charge in [-0.2, -0.15) is 0 Å². The standard InChI is InChI=1S/C21H23FN2O3/c1-14(26-20-5-3-2-4-19(20)22)21(25)24-15-6-7-16(24)13-18(12-15)27-17-8-10-23-11-9-17/h2-5,8-11,14-16,18H,6-7,12-13H2,1H3/t14-,15+,16+/m1/s1. The van der Waals surface area contributed by atoms with Crippen molar-refractivity contribution in [2.75, 3.05) is 0 Å². The summed E-state index contributed by atoms with van der Waals surface area (Å²) in [7, 11) is 0. The number of nitrogens with zero attached hydrogens (tertiary/aromatic N) is 2. The molecule has 0 aliphatic carbocycles. The largest absolute Gasteiger partial charge is 0.490 e. The van der Waals surface area contributed by atoms with E-state index in [1.54, 1.807) is 37.5 Å². The number of hydrogen-bond donors (Lipinski definition) is 0. The number of hydrogen-bond acceptors (Lipinski definition) is 4.